The Morgan fingerprint density at radius 3 is 1.07 bits per heavy atom. The summed E-state index contributed by atoms with van der Waals surface area (Å²) in [7, 11) is 0. The van der Waals surface area contributed by atoms with Crippen LogP contribution in [0.4, 0.5) is 0 Å². The Bertz CT molecular complexity index is 1100. The van der Waals surface area contributed by atoms with Crippen molar-refractivity contribution in [2.75, 3.05) is 0 Å². The minimum Gasteiger partial charge on any atom is -0.143 e. The molecular weight excluding hydrogens is 784 g/mol. The van der Waals surface area contributed by atoms with Gasteiger partial charge in [0.1, 0.15) is 0 Å². The van der Waals surface area contributed by atoms with E-state index in [1.165, 1.54) is 9.75 Å². The van der Waals surface area contributed by atoms with E-state index in [9.17, 15) is 0 Å². The summed E-state index contributed by atoms with van der Waals surface area (Å²) < 4.78 is 6.41. The highest BCUT2D eigenvalue weighted by Crippen LogP contribution is 2.46. The molecule has 0 aliphatic carbocycles. The summed E-state index contributed by atoms with van der Waals surface area (Å²) in [5.74, 6) is 0. The average Bonchev–Trinajstić information content (AvgIpc) is 3.26. The molecule has 0 aliphatic heterocycles. The highest BCUT2D eigenvalue weighted by molar-refractivity contribution is 9.11. The fourth-order valence-corrected chi connectivity index (χ4v) is 8.52. The Kier molecular flexibility index (Phi) is 7.10. The van der Waals surface area contributed by atoms with Crippen molar-refractivity contribution in [3.8, 4) is 32.0 Å². The molecule has 28 heavy (non-hydrogen) atoms. The molecule has 2 aromatic heterocycles. The van der Waals surface area contributed by atoms with E-state index in [0.29, 0.717) is 0 Å². The van der Waals surface area contributed by atoms with Gasteiger partial charge in [0, 0.05) is 47.7 Å². The van der Waals surface area contributed by atoms with Gasteiger partial charge in [-0.1, -0.05) is 63.7 Å². The Hall–Kier alpha value is 0.720. The zero-order valence-electron chi connectivity index (χ0n) is 13.7. The summed E-state index contributed by atoms with van der Waals surface area (Å²) in [5, 5.41) is 4.17. The molecule has 0 N–H and O–H groups in total. The van der Waals surface area contributed by atoms with Gasteiger partial charge in [-0.2, -0.15) is 0 Å². The van der Waals surface area contributed by atoms with E-state index >= 15 is 0 Å². The predicted molar refractivity (Wildman–Crippen MR) is 145 cm³/mol. The first-order chi connectivity index (χ1) is 13.4. The molecule has 0 unspecified atom stereocenters. The summed E-state index contributed by atoms with van der Waals surface area (Å²) in [6.45, 7) is 0. The summed E-state index contributed by atoms with van der Waals surface area (Å²) in [6, 6.07) is 12.8. The van der Waals surface area contributed by atoms with E-state index < -0.39 is 0 Å². The van der Waals surface area contributed by atoms with Gasteiger partial charge in [-0.25, -0.2) is 0 Å². The van der Waals surface area contributed by atoms with E-state index in [4.69, 9.17) is 0 Å². The highest BCUT2D eigenvalue weighted by Gasteiger charge is 2.17. The predicted octanol–water partition coefficient (Wildman–Crippen LogP) is 11.4. The fourth-order valence-electron chi connectivity index (χ4n) is 2.83. The van der Waals surface area contributed by atoms with Gasteiger partial charge < -0.3 is 0 Å². The van der Waals surface area contributed by atoms with Crippen molar-refractivity contribution in [3.05, 3.63) is 74.0 Å². The van der Waals surface area contributed by atoms with Crippen molar-refractivity contribution in [1.82, 2.24) is 0 Å². The number of halogens is 6. The number of rotatable bonds is 3. The largest absolute Gasteiger partial charge is 0.143 e. The van der Waals surface area contributed by atoms with Gasteiger partial charge in [0.2, 0.25) is 0 Å². The maximum absolute atomic E-state index is 3.78. The molecule has 0 spiro atoms. The molecule has 142 valence electrons. The molecule has 0 fully saturated rings. The molecular formula is C20H8Br6S2. The minimum atomic E-state index is 1.05. The van der Waals surface area contributed by atoms with Crippen LogP contribution in [0.3, 0.4) is 0 Å². The normalized spacial score (nSPS) is 11.2. The Morgan fingerprint density at radius 1 is 0.429 bits per heavy atom. The SMILES string of the molecule is Brc1cc(-c2sccc2Br)c(Br)cc1-c1cc(Br)c(-c2sccc2Br)cc1Br. The van der Waals surface area contributed by atoms with Crippen molar-refractivity contribution in [2.45, 2.75) is 0 Å². The van der Waals surface area contributed by atoms with E-state index in [1.54, 1.807) is 22.7 Å². The molecule has 0 atom stereocenters. The van der Waals surface area contributed by atoms with Crippen molar-refractivity contribution in [2.24, 2.45) is 0 Å². The number of thiophene rings is 2. The van der Waals surface area contributed by atoms with Gasteiger partial charge >= 0.3 is 0 Å². The first-order valence-corrected chi connectivity index (χ1v) is 14.3. The van der Waals surface area contributed by atoms with Crippen LogP contribution in [0.2, 0.25) is 0 Å². The van der Waals surface area contributed by atoms with Crippen molar-refractivity contribution in [3.63, 3.8) is 0 Å². The van der Waals surface area contributed by atoms with E-state index in [0.717, 1.165) is 49.1 Å². The van der Waals surface area contributed by atoms with Crippen LogP contribution in [-0.4, -0.2) is 0 Å². The van der Waals surface area contributed by atoms with E-state index in [1.807, 2.05) is 0 Å². The molecule has 0 nitrogen and oxygen atoms in total. The summed E-state index contributed by atoms with van der Waals surface area (Å²) in [6.07, 6.45) is 0. The maximum atomic E-state index is 3.78. The number of hydrogen-bond donors (Lipinski definition) is 0. The summed E-state index contributed by atoms with van der Waals surface area (Å²) >= 11 is 25.8. The van der Waals surface area contributed by atoms with Crippen LogP contribution in [0.1, 0.15) is 0 Å². The minimum absolute atomic E-state index is 1.05. The summed E-state index contributed by atoms with van der Waals surface area (Å²) in [4.78, 5) is 2.41. The number of benzene rings is 2. The van der Waals surface area contributed by atoms with E-state index in [2.05, 4.69) is 143 Å². The van der Waals surface area contributed by atoms with Crippen LogP contribution in [0.15, 0.2) is 74.0 Å². The molecule has 4 rings (SSSR count). The average molecular weight is 792 g/mol. The summed E-state index contributed by atoms with van der Waals surface area (Å²) in [5.41, 5.74) is 4.55. The molecule has 0 saturated carbocycles. The van der Waals surface area contributed by atoms with Crippen LogP contribution in [-0.2, 0) is 0 Å². The molecule has 0 aliphatic rings. The van der Waals surface area contributed by atoms with Crippen LogP contribution in [0.25, 0.3) is 32.0 Å². The second-order valence-corrected chi connectivity index (χ2v) is 12.8. The lowest BCUT2D eigenvalue weighted by atomic mass is 10.0. The highest BCUT2D eigenvalue weighted by atomic mass is 79.9. The Labute approximate surface area is 221 Å². The molecule has 0 saturated heterocycles. The smallest absolute Gasteiger partial charge is 0.0496 e. The first kappa shape index (κ1) is 21.9. The third-order valence-corrected chi connectivity index (χ3v) is 10.5. The van der Waals surface area contributed by atoms with Crippen molar-refractivity contribution in [1.29, 1.82) is 0 Å². The van der Waals surface area contributed by atoms with Gasteiger partial charge in [-0.3, -0.25) is 0 Å². The molecule has 0 radical (unpaired) electrons. The zero-order chi connectivity index (χ0) is 20.0. The zero-order valence-corrected chi connectivity index (χ0v) is 24.9. The van der Waals surface area contributed by atoms with Gasteiger partial charge in [0.25, 0.3) is 0 Å². The molecule has 4 aromatic rings. The molecule has 0 bridgehead atoms. The maximum Gasteiger partial charge on any atom is 0.0496 e. The second kappa shape index (κ2) is 9.07. The second-order valence-electron chi connectivity index (χ2n) is 5.82. The van der Waals surface area contributed by atoms with Crippen LogP contribution >= 0.6 is 118 Å². The van der Waals surface area contributed by atoms with Gasteiger partial charge in [-0.05, 0) is 90.1 Å². The van der Waals surface area contributed by atoms with Crippen LogP contribution < -0.4 is 0 Å². The molecule has 0 amide bonds. The third-order valence-electron chi connectivity index (χ3n) is 4.13. The van der Waals surface area contributed by atoms with Crippen molar-refractivity contribution < 1.29 is 0 Å². The third kappa shape index (κ3) is 4.22. The van der Waals surface area contributed by atoms with Crippen molar-refractivity contribution >= 4 is 118 Å². The molecule has 2 aromatic carbocycles. The van der Waals surface area contributed by atoms with E-state index in [-0.39, 0.29) is 0 Å². The van der Waals surface area contributed by atoms with Gasteiger partial charge in [0.15, 0.2) is 0 Å². The first-order valence-electron chi connectivity index (χ1n) is 7.82. The topological polar surface area (TPSA) is 0 Å². The van der Waals surface area contributed by atoms with Crippen LogP contribution in [0, 0.1) is 0 Å². The van der Waals surface area contributed by atoms with Gasteiger partial charge in [-0.15, -0.1) is 22.7 Å². The standard InChI is InChI=1S/C20H8Br6S2/c21-13-1-3-27-19(13)11-7-15(23)9(5-17(11)25)10-6-18(26)12(8-16(10)24)20-14(22)2-4-28-20/h1-8H. The molecule has 8 heteroatoms. The number of hydrogen-bond acceptors (Lipinski definition) is 2. The van der Waals surface area contributed by atoms with Crippen LogP contribution in [0.5, 0.6) is 0 Å². The lowest BCUT2D eigenvalue weighted by molar-refractivity contribution is 1.51. The Balaban J connectivity index is 1.84. The quantitative estimate of drug-likeness (QED) is 0.194. The fraction of sp³-hybridized carbons (Fsp3) is 0. The van der Waals surface area contributed by atoms with Gasteiger partial charge in [0.05, 0.1) is 0 Å². The lowest BCUT2D eigenvalue weighted by Crippen LogP contribution is -1.88. The monoisotopic (exact) mass is 786 g/mol. The Morgan fingerprint density at radius 2 is 0.750 bits per heavy atom. The lowest BCUT2D eigenvalue weighted by Gasteiger charge is -2.14. The molecule has 2 heterocycles.